The maximum absolute atomic E-state index is 11.5. The van der Waals surface area contributed by atoms with Gasteiger partial charge in [0.25, 0.3) is 11.8 Å². The first kappa shape index (κ1) is 13.0. The van der Waals surface area contributed by atoms with Crippen LogP contribution in [0, 0.1) is 11.3 Å². The van der Waals surface area contributed by atoms with Gasteiger partial charge in [0, 0.05) is 5.56 Å². The molecule has 1 aromatic carbocycles. The Hall–Kier alpha value is -2.06. The van der Waals surface area contributed by atoms with E-state index in [1.807, 2.05) is 6.07 Å². The summed E-state index contributed by atoms with van der Waals surface area (Å²) >= 11 is 5.50. The maximum atomic E-state index is 11.5. The van der Waals surface area contributed by atoms with Crippen LogP contribution in [0.1, 0.15) is 22.8 Å². The summed E-state index contributed by atoms with van der Waals surface area (Å²) < 4.78 is 0. The standard InChI is InChI=1S/C11H10ClN3O2/c1-7(12)10(16)14-15-11(17)9-4-2-8(6-13)3-5-9/h2-5,7H,1H3,(H,14,16)(H,15,17). The van der Waals surface area contributed by atoms with Crippen LogP contribution in [0.15, 0.2) is 24.3 Å². The van der Waals surface area contributed by atoms with E-state index in [0.717, 1.165) is 0 Å². The van der Waals surface area contributed by atoms with Crippen LogP contribution in [0.3, 0.4) is 0 Å². The quantitative estimate of drug-likeness (QED) is 0.606. The van der Waals surface area contributed by atoms with Crippen LogP contribution in [0.5, 0.6) is 0 Å². The van der Waals surface area contributed by atoms with Gasteiger partial charge in [0.05, 0.1) is 11.6 Å². The highest BCUT2D eigenvalue weighted by Crippen LogP contribution is 2.02. The summed E-state index contributed by atoms with van der Waals surface area (Å²) in [5.41, 5.74) is 5.18. The van der Waals surface area contributed by atoms with Gasteiger partial charge in [0.2, 0.25) is 0 Å². The van der Waals surface area contributed by atoms with E-state index < -0.39 is 17.2 Å². The molecule has 2 N–H and O–H groups in total. The largest absolute Gasteiger partial charge is 0.272 e. The van der Waals surface area contributed by atoms with Crippen LogP contribution in [-0.4, -0.2) is 17.2 Å². The third kappa shape index (κ3) is 3.78. The van der Waals surface area contributed by atoms with Crippen LogP contribution in [0.25, 0.3) is 0 Å². The first-order valence-electron chi connectivity index (χ1n) is 4.79. The molecule has 0 heterocycles. The predicted octanol–water partition coefficient (Wildman–Crippen LogP) is 0.947. The smallest absolute Gasteiger partial charge is 0.269 e. The van der Waals surface area contributed by atoms with Gasteiger partial charge in [-0.05, 0) is 31.2 Å². The van der Waals surface area contributed by atoms with Crippen LogP contribution in [-0.2, 0) is 4.79 Å². The highest BCUT2D eigenvalue weighted by Gasteiger charge is 2.10. The van der Waals surface area contributed by atoms with Crippen LogP contribution < -0.4 is 10.9 Å². The lowest BCUT2D eigenvalue weighted by Gasteiger charge is -2.08. The summed E-state index contributed by atoms with van der Waals surface area (Å²) in [4.78, 5) is 22.6. The van der Waals surface area contributed by atoms with Crippen molar-refractivity contribution in [3.63, 3.8) is 0 Å². The number of hydrogen-bond acceptors (Lipinski definition) is 3. The Kier molecular flexibility index (Phi) is 4.49. The SMILES string of the molecule is CC(Cl)C(=O)NNC(=O)c1ccc(C#N)cc1. The van der Waals surface area contributed by atoms with E-state index in [-0.39, 0.29) is 0 Å². The van der Waals surface area contributed by atoms with Gasteiger partial charge < -0.3 is 0 Å². The molecule has 0 saturated carbocycles. The second-order valence-corrected chi connectivity index (χ2v) is 3.90. The summed E-state index contributed by atoms with van der Waals surface area (Å²) in [6, 6.07) is 7.95. The molecule has 2 amide bonds. The first-order valence-corrected chi connectivity index (χ1v) is 5.22. The molecule has 6 heteroatoms. The maximum Gasteiger partial charge on any atom is 0.269 e. The molecule has 17 heavy (non-hydrogen) atoms. The van der Waals surface area contributed by atoms with E-state index >= 15 is 0 Å². The second-order valence-electron chi connectivity index (χ2n) is 3.25. The van der Waals surface area contributed by atoms with Crippen molar-refractivity contribution >= 4 is 23.4 Å². The third-order valence-electron chi connectivity index (χ3n) is 1.94. The number of halogens is 1. The number of nitrogens with one attached hydrogen (secondary N) is 2. The van der Waals surface area contributed by atoms with Gasteiger partial charge in [-0.2, -0.15) is 5.26 Å². The lowest BCUT2D eigenvalue weighted by Crippen LogP contribution is -2.44. The Morgan fingerprint density at radius 1 is 1.29 bits per heavy atom. The number of amides is 2. The number of rotatable bonds is 2. The zero-order valence-electron chi connectivity index (χ0n) is 9.03. The van der Waals surface area contributed by atoms with E-state index in [1.165, 1.54) is 31.2 Å². The van der Waals surface area contributed by atoms with E-state index in [2.05, 4.69) is 10.9 Å². The Morgan fingerprint density at radius 3 is 2.35 bits per heavy atom. The summed E-state index contributed by atoms with van der Waals surface area (Å²) in [6.07, 6.45) is 0. The van der Waals surface area contributed by atoms with Crippen molar-refractivity contribution in [3.05, 3.63) is 35.4 Å². The molecule has 0 spiro atoms. The van der Waals surface area contributed by atoms with Crippen molar-refractivity contribution in [2.24, 2.45) is 0 Å². The molecule has 88 valence electrons. The number of carbonyl (C=O) groups excluding carboxylic acids is 2. The van der Waals surface area contributed by atoms with E-state index in [0.29, 0.717) is 11.1 Å². The summed E-state index contributed by atoms with van der Waals surface area (Å²) in [5.74, 6) is -0.964. The Morgan fingerprint density at radius 2 is 1.88 bits per heavy atom. The van der Waals surface area contributed by atoms with Crippen molar-refractivity contribution in [1.82, 2.24) is 10.9 Å². The van der Waals surface area contributed by atoms with Crippen molar-refractivity contribution < 1.29 is 9.59 Å². The van der Waals surface area contributed by atoms with E-state index in [4.69, 9.17) is 16.9 Å². The van der Waals surface area contributed by atoms with Gasteiger partial charge >= 0.3 is 0 Å². The number of alkyl halides is 1. The second kappa shape index (κ2) is 5.87. The Bertz CT molecular complexity index is 463. The molecule has 0 saturated heterocycles. The van der Waals surface area contributed by atoms with Gasteiger partial charge in [0.1, 0.15) is 5.38 Å². The number of carbonyl (C=O) groups is 2. The zero-order valence-corrected chi connectivity index (χ0v) is 9.78. The highest BCUT2D eigenvalue weighted by atomic mass is 35.5. The van der Waals surface area contributed by atoms with E-state index in [9.17, 15) is 9.59 Å². The average Bonchev–Trinajstić information content (AvgIpc) is 2.35. The molecule has 0 aromatic heterocycles. The number of benzene rings is 1. The van der Waals surface area contributed by atoms with Crippen molar-refractivity contribution in [2.75, 3.05) is 0 Å². The Labute approximate surface area is 103 Å². The third-order valence-corrected chi connectivity index (χ3v) is 2.13. The minimum absolute atomic E-state index is 0.339. The van der Waals surface area contributed by atoms with E-state index in [1.54, 1.807) is 0 Å². The fraction of sp³-hybridized carbons (Fsp3) is 0.182. The molecule has 5 nitrogen and oxygen atoms in total. The van der Waals surface area contributed by atoms with Gasteiger partial charge in [-0.3, -0.25) is 20.4 Å². The summed E-state index contributed by atoms with van der Waals surface area (Å²) in [7, 11) is 0. The topological polar surface area (TPSA) is 82.0 Å². The molecule has 0 aliphatic carbocycles. The molecular weight excluding hydrogens is 242 g/mol. The molecule has 0 fully saturated rings. The lowest BCUT2D eigenvalue weighted by atomic mass is 10.1. The number of nitriles is 1. The molecular formula is C11H10ClN3O2. The monoisotopic (exact) mass is 251 g/mol. The molecule has 1 rings (SSSR count). The summed E-state index contributed by atoms with van der Waals surface area (Å²) in [6.45, 7) is 1.49. The fourth-order valence-electron chi connectivity index (χ4n) is 0.986. The predicted molar refractivity (Wildman–Crippen MR) is 62.1 cm³/mol. The van der Waals surface area contributed by atoms with Gasteiger partial charge in [0.15, 0.2) is 0 Å². The fourth-order valence-corrected chi connectivity index (χ4v) is 1.04. The van der Waals surface area contributed by atoms with Crippen LogP contribution >= 0.6 is 11.6 Å². The lowest BCUT2D eigenvalue weighted by molar-refractivity contribution is -0.121. The number of hydrogen-bond donors (Lipinski definition) is 2. The zero-order chi connectivity index (χ0) is 12.8. The Balaban J connectivity index is 2.59. The van der Waals surface area contributed by atoms with Gasteiger partial charge in [-0.1, -0.05) is 0 Å². The molecule has 0 aliphatic rings. The first-order chi connectivity index (χ1) is 8.04. The van der Waals surface area contributed by atoms with Crippen LogP contribution in [0.4, 0.5) is 0 Å². The average molecular weight is 252 g/mol. The molecule has 0 bridgehead atoms. The van der Waals surface area contributed by atoms with Gasteiger partial charge in [-0.25, -0.2) is 0 Å². The highest BCUT2D eigenvalue weighted by molar-refractivity contribution is 6.30. The van der Waals surface area contributed by atoms with Crippen LogP contribution in [0.2, 0.25) is 0 Å². The van der Waals surface area contributed by atoms with Gasteiger partial charge in [-0.15, -0.1) is 11.6 Å². The van der Waals surface area contributed by atoms with Crippen molar-refractivity contribution in [1.29, 1.82) is 5.26 Å². The normalized spacial score (nSPS) is 11.1. The molecule has 1 unspecified atom stereocenters. The minimum atomic E-state index is -0.726. The number of nitrogens with zero attached hydrogens (tertiary/aromatic N) is 1. The number of hydrazine groups is 1. The minimum Gasteiger partial charge on any atom is -0.272 e. The van der Waals surface area contributed by atoms with Crippen molar-refractivity contribution in [2.45, 2.75) is 12.3 Å². The summed E-state index contributed by atoms with van der Waals surface area (Å²) in [5, 5.41) is 7.86. The molecule has 0 aliphatic heterocycles. The molecule has 1 atom stereocenters. The van der Waals surface area contributed by atoms with Crippen molar-refractivity contribution in [3.8, 4) is 6.07 Å². The molecule has 0 radical (unpaired) electrons. The molecule has 1 aromatic rings.